The van der Waals surface area contributed by atoms with Gasteiger partial charge in [0.05, 0.1) is 0 Å². The minimum absolute atomic E-state index is 0.416. The first-order valence-electron chi connectivity index (χ1n) is 4.52. The van der Waals surface area contributed by atoms with Gasteiger partial charge in [-0.15, -0.1) is 0 Å². The summed E-state index contributed by atoms with van der Waals surface area (Å²) in [5.41, 5.74) is 6.95. The summed E-state index contributed by atoms with van der Waals surface area (Å²) >= 11 is 2.35. The van der Waals surface area contributed by atoms with Crippen molar-refractivity contribution in [3.63, 3.8) is 0 Å². The molecule has 1 aromatic rings. The summed E-state index contributed by atoms with van der Waals surface area (Å²) in [4.78, 5) is 0. The molecule has 0 aromatic heterocycles. The molecule has 13 heavy (non-hydrogen) atoms. The number of anilines is 1. The Labute approximate surface area is 92.0 Å². The molecule has 0 bridgehead atoms. The maximum absolute atomic E-state index is 5.72. The van der Waals surface area contributed by atoms with Gasteiger partial charge in [-0.3, -0.25) is 0 Å². The molecule has 1 aromatic carbocycles. The molecular formula is C10H13IN2. The smallest absolute Gasteiger partial charge is 0.0478 e. The molecule has 1 aliphatic carbocycles. The normalized spacial score (nSPS) is 26.6. The average Bonchev–Trinajstić information content (AvgIpc) is 2.06. The number of rotatable bonds is 2. The fraction of sp³-hybridized carbons (Fsp3) is 0.400. The Morgan fingerprint density at radius 3 is 2.62 bits per heavy atom. The van der Waals surface area contributed by atoms with Crippen LogP contribution in [-0.2, 0) is 0 Å². The molecule has 0 saturated heterocycles. The van der Waals surface area contributed by atoms with Gasteiger partial charge in [-0.25, -0.2) is 0 Å². The van der Waals surface area contributed by atoms with Crippen LogP contribution in [0.1, 0.15) is 12.8 Å². The van der Waals surface area contributed by atoms with Gasteiger partial charge in [-0.05, 0) is 47.6 Å². The van der Waals surface area contributed by atoms with Gasteiger partial charge in [-0.2, -0.15) is 0 Å². The molecule has 70 valence electrons. The van der Waals surface area contributed by atoms with E-state index in [2.05, 4.69) is 52.2 Å². The van der Waals surface area contributed by atoms with Crippen molar-refractivity contribution in [2.75, 3.05) is 5.32 Å². The van der Waals surface area contributed by atoms with E-state index in [0.29, 0.717) is 12.1 Å². The fourth-order valence-electron chi connectivity index (χ4n) is 1.58. The summed E-state index contributed by atoms with van der Waals surface area (Å²) in [6, 6.07) is 9.35. The second kappa shape index (κ2) is 3.84. The Bertz CT molecular complexity index is 295. The van der Waals surface area contributed by atoms with Crippen molar-refractivity contribution in [1.82, 2.24) is 0 Å². The van der Waals surface area contributed by atoms with Crippen molar-refractivity contribution in [3.05, 3.63) is 27.8 Å². The predicted octanol–water partition coefficient (Wildman–Crippen LogP) is 2.19. The molecule has 2 rings (SSSR count). The molecule has 1 fully saturated rings. The predicted molar refractivity (Wildman–Crippen MR) is 63.8 cm³/mol. The van der Waals surface area contributed by atoms with E-state index in [1.54, 1.807) is 0 Å². The third kappa shape index (κ3) is 2.14. The number of benzene rings is 1. The number of hydrogen-bond donors (Lipinski definition) is 2. The highest BCUT2D eigenvalue weighted by molar-refractivity contribution is 14.1. The topological polar surface area (TPSA) is 38.0 Å². The van der Waals surface area contributed by atoms with Crippen LogP contribution in [0.5, 0.6) is 0 Å². The monoisotopic (exact) mass is 288 g/mol. The molecule has 0 amide bonds. The summed E-state index contributed by atoms with van der Waals surface area (Å²) < 4.78 is 1.28. The zero-order chi connectivity index (χ0) is 9.26. The van der Waals surface area contributed by atoms with E-state index in [-0.39, 0.29) is 0 Å². The minimum atomic E-state index is 0.416. The van der Waals surface area contributed by atoms with Crippen LogP contribution in [0.15, 0.2) is 24.3 Å². The summed E-state index contributed by atoms with van der Waals surface area (Å²) in [7, 11) is 0. The van der Waals surface area contributed by atoms with Gasteiger partial charge < -0.3 is 11.1 Å². The first-order chi connectivity index (χ1) is 6.25. The lowest BCUT2D eigenvalue weighted by atomic mass is 9.87. The van der Waals surface area contributed by atoms with Crippen molar-refractivity contribution in [2.24, 2.45) is 5.73 Å². The minimum Gasteiger partial charge on any atom is -0.381 e. The summed E-state index contributed by atoms with van der Waals surface area (Å²) in [6.07, 6.45) is 2.20. The molecule has 0 radical (unpaired) electrons. The Morgan fingerprint density at radius 2 is 2.00 bits per heavy atom. The number of nitrogens with two attached hydrogens (primary N) is 1. The molecular weight excluding hydrogens is 275 g/mol. The van der Waals surface area contributed by atoms with E-state index in [1.165, 1.54) is 9.26 Å². The summed E-state index contributed by atoms with van der Waals surface area (Å²) in [5, 5.41) is 3.49. The van der Waals surface area contributed by atoms with E-state index in [4.69, 9.17) is 5.73 Å². The standard InChI is InChI=1S/C10H13IN2/c11-9-3-1-2-4-10(9)13-8-5-7(12)6-8/h1-4,7-8,13H,5-6,12H2. The van der Waals surface area contributed by atoms with Crippen LogP contribution in [0.25, 0.3) is 0 Å². The molecule has 3 heteroatoms. The lowest BCUT2D eigenvalue weighted by Gasteiger charge is -2.34. The van der Waals surface area contributed by atoms with E-state index in [1.807, 2.05) is 0 Å². The van der Waals surface area contributed by atoms with Crippen LogP contribution < -0.4 is 11.1 Å². The van der Waals surface area contributed by atoms with Gasteiger partial charge >= 0.3 is 0 Å². The highest BCUT2D eigenvalue weighted by Gasteiger charge is 2.25. The lowest BCUT2D eigenvalue weighted by molar-refractivity contribution is 0.373. The highest BCUT2D eigenvalue weighted by Crippen LogP contribution is 2.25. The van der Waals surface area contributed by atoms with Crippen molar-refractivity contribution < 1.29 is 0 Å². The van der Waals surface area contributed by atoms with Crippen molar-refractivity contribution in [3.8, 4) is 0 Å². The molecule has 0 atom stereocenters. The number of nitrogens with one attached hydrogen (secondary N) is 1. The average molecular weight is 288 g/mol. The van der Waals surface area contributed by atoms with Gasteiger partial charge in [-0.1, -0.05) is 12.1 Å². The summed E-state index contributed by atoms with van der Waals surface area (Å²) in [5.74, 6) is 0. The first kappa shape index (κ1) is 9.27. The van der Waals surface area contributed by atoms with E-state index in [0.717, 1.165) is 12.8 Å². The Hall–Kier alpha value is -0.290. The molecule has 0 unspecified atom stereocenters. The quantitative estimate of drug-likeness (QED) is 0.819. The zero-order valence-electron chi connectivity index (χ0n) is 7.33. The number of para-hydroxylation sites is 1. The molecule has 1 aliphatic rings. The van der Waals surface area contributed by atoms with Gasteiger partial charge in [0.1, 0.15) is 0 Å². The van der Waals surface area contributed by atoms with Gasteiger partial charge in [0.15, 0.2) is 0 Å². The number of hydrogen-bond acceptors (Lipinski definition) is 2. The van der Waals surface area contributed by atoms with Crippen LogP contribution in [0.2, 0.25) is 0 Å². The third-order valence-electron chi connectivity index (χ3n) is 2.41. The Kier molecular flexibility index (Phi) is 2.74. The fourth-order valence-corrected chi connectivity index (χ4v) is 2.12. The summed E-state index contributed by atoms with van der Waals surface area (Å²) in [6.45, 7) is 0. The zero-order valence-corrected chi connectivity index (χ0v) is 9.49. The maximum Gasteiger partial charge on any atom is 0.0478 e. The molecule has 3 N–H and O–H groups in total. The molecule has 0 heterocycles. The molecule has 0 aliphatic heterocycles. The van der Waals surface area contributed by atoms with Gasteiger partial charge in [0.25, 0.3) is 0 Å². The van der Waals surface area contributed by atoms with Crippen LogP contribution in [0, 0.1) is 3.57 Å². The van der Waals surface area contributed by atoms with E-state index in [9.17, 15) is 0 Å². The molecule has 2 nitrogen and oxygen atoms in total. The van der Waals surface area contributed by atoms with Gasteiger partial charge in [0, 0.05) is 21.3 Å². The van der Waals surface area contributed by atoms with Crippen LogP contribution in [0.3, 0.4) is 0 Å². The second-order valence-corrected chi connectivity index (χ2v) is 4.71. The Morgan fingerprint density at radius 1 is 1.31 bits per heavy atom. The van der Waals surface area contributed by atoms with E-state index < -0.39 is 0 Å². The lowest BCUT2D eigenvalue weighted by Crippen LogP contribution is -2.44. The highest BCUT2D eigenvalue weighted by atomic mass is 127. The number of halogens is 1. The molecule has 0 spiro atoms. The first-order valence-corrected chi connectivity index (χ1v) is 5.60. The van der Waals surface area contributed by atoms with Crippen LogP contribution in [-0.4, -0.2) is 12.1 Å². The largest absolute Gasteiger partial charge is 0.381 e. The van der Waals surface area contributed by atoms with Crippen molar-refractivity contribution in [2.45, 2.75) is 24.9 Å². The van der Waals surface area contributed by atoms with Crippen molar-refractivity contribution >= 4 is 28.3 Å². The van der Waals surface area contributed by atoms with Crippen LogP contribution >= 0.6 is 22.6 Å². The van der Waals surface area contributed by atoms with Gasteiger partial charge in [0.2, 0.25) is 0 Å². The maximum atomic E-state index is 5.72. The van der Waals surface area contributed by atoms with E-state index >= 15 is 0 Å². The van der Waals surface area contributed by atoms with Crippen LogP contribution in [0.4, 0.5) is 5.69 Å². The SMILES string of the molecule is NC1CC(Nc2ccccc2I)C1. The molecule has 1 saturated carbocycles. The van der Waals surface area contributed by atoms with Crippen molar-refractivity contribution in [1.29, 1.82) is 0 Å². The second-order valence-electron chi connectivity index (χ2n) is 3.55. The Balaban J connectivity index is 1.98. The third-order valence-corrected chi connectivity index (χ3v) is 3.35.